The second-order valence-corrected chi connectivity index (χ2v) is 9.33. The van der Waals surface area contributed by atoms with E-state index in [1.54, 1.807) is 51.3 Å². The number of carbonyl (C=O) groups excluding carboxylic acids is 1. The number of nitrogens with zero attached hydrogens (tertiary/aromatic N) is 2. The lowest BCUT2D eigenvalue weighted by Crippen LogP contribution is -2.37. The van der Waals surface area contributed by atoms with E-state index in [1.807, 2.05) is 4.90 Å². The lowest BCUT2D eigenvalue weighted by molar-refractivity contribution is 0.102. The number of sulfonamides is 1. The smallest absolute Gasteiger partial charge is 0.257 e. The van der Waals surface area contributed by atoms with Crippen molar-refractivity contribution in [1.82, 2.24) is 4.31 Å². The van der Waals surface area contributed by atoms with Crippen molar-refractivity contribution in [2.75, 3.05) is 63.8 Å². The van der Waals surface area contributed by atoms with Crippen LogP contribution >= 0.6 is 0 Å². The topological polar surface area (TPSA) is 97.4 Å². The van der Waals surface area contributed by atoms with Crippen molar-refractivity contribution < 1.29 is 27.4 Å². The lowest BCUT2D eigenvalue weighted by Gasteiger charge is -2.31. The van der Waals surface area contributed by atoms with E-state index >= 15 is 0 Å². The molecule has 0 radical (unpaired) electrons. The number of rotatable bonds is 9. The molecule has 1 N–H and O–H groups in total. The molecule has 1 heterocycles. The van der Waals surface area contributed by atoms with Crippen LogP contribution in [0.4, 0.5) is 11.4 Å². The highest BCUT2D eigenvalue weighted by Crippen LogP contribution is 2.32. The average molecular weight is 478 g/mol. The molecule has 0 saturated carbocycles. The molecule has 1 aliphatic rings. The van der Waals surface area contributed by atoms with E-state index in [0.717, 1.165) is 0 Å². The third-order valence-electron chi connectivity index (χ3n) is 5.56. The molecule has 0 unspecified atom stereocenters. The van der Waals surface area contributed by atoms with Crippen LogP contribution in [0.1, 0.15) is 24.2 Å². The van der Waals surface area contributed by atoms with E-state index in [2.05, 4.69) is 5.32 Å². The minimum absolute atomic E-state index is 0.0788. The third-order valence-corrected chi connectivity index (χ3v) is 7.61. The second kappa shape index (κ2) is 10.9. The Balaban J connectivity index is 2.04. The first-order valence-electron chi connectivity index (χ1n) is 10.9. The van der Waals surface area contributed by atoms with Crippen molar-refractivity contribution in [3.05, 3.63) is 42.0 Å². The normalized spacial score (nSPS) is 14.3. The lowest BCUT2D eigenvalue weighted by atomic mass is 10.1. The standard InChI is InChI=1S/C23H31N3O6S/c1-5-26(6-2)33(28,29)18-8-10-21(25-11-13-32-14-12-25)19(16-18)23(27)24-20-9-7-17(30-3)15-22(20)31-4/h7-10,15-16H,5-6,11-14H2,1-4H3,(H,24,27). The maximum absolute atomic E-state index is 13.4. The molecule has 0 spiro atoms. The number of hydrogen-bond acceptors (Lipinski definition) is 7. The van der Waals surface area contributed by atoms with Gasteiger partial charge in [0.25, 0.3) is 5.91 Å². The maximum Gasteiger partial charge on any atom is 0.257 e. The fourth-order valence-electron chi connectivity index (χ4n) is 3.74. The van der Waals surface area contributed by atoms with Crippen LogP contribution in [0, 0.1) is 0 Å². The Morgan fingerprint density at radius 3 is 2.36 bits per heavy atom. The van der Waals surface area contributed by atoms with E-state index in [4.69, 9.17) is 14.2 Å². The Labute approximate surface area is 195 Å². The van der Waals surface area contributed by atoms with Crippen molar-refractivity contribution in [3.63, 3.8) is 0 Å². The van der Waals surface area contributed by atoms with Crippen LogP contribution in [0.15, 0.2) is 41.3 Å². The summed E-state index contributed by atoms with van der Waals surface area (Å²) in [6.45, 7) is 6.53. The van der Waals surface area contributed by atoms with Gasteiger partial charge in [0, 0.05) is 37.9 Å². The number of amides is 1. The summed E-state index contributed by atoms with van der Waals surface area (Å²) in [6, 6.07) is 9.76. The summed E-state index contributed by atoms with van der Waals surface area (Å²) in [6.07, 6.45) is 0. The number of anilines is 2. The zero-order chi connectivity index (χ0) is 24.0. The Morgan fingerprint density at radius 1 is 1.06 bits per heavy atom. The van der Waals surface area contributed by atoms with Crippen molar-refractivity contribution in [1.29, 1.82) is 0 Å². The van der Waals surface area contributed by atoms with E-state index in [9.17, 15) is 13.2 Å². The van der Waals surface area contributed by atoms with Gasteiger partial charge in [-0.25, -0.2) is 8.42 Å². The molecule has 1 amide bonds. The van der Waals surface area contributed by atoms with E-state index < -0.39 is 15.9 Å². The summed E-state index contributed by atoms with van der Waals surface area (Å²) in [5.41, 5.74) is 1.37. The summed E-state index contributed by atoms with van der Waals surface area (Å²) in [4.78, 5) is 15.5. The van der Waals surface area contributed by atoms with Gasteiger partial charge >= 0.3 is 0 Å². The fraction of sp³-hybridized carbons (Fsp3) is 0.435. The van der Waals surface area contributed by atoms with Gasteiger partial charge in [0.15, 0.2) is 0 Å². The largest absolute Gasteiger partial charge is 0.497 e. The number of hydrogen-bond donors (Lipinski definition) is 1. The van der Waals surface area contributed by atoms with Gasteiger partial charge in [-0.15, -0.1) is 0 Å². The predicted molar refractivity (Wildman–Crippen MR) is 127 cm³/mol. The van der Waals surface area contributed by atoms with Crippen LogP contribution in [0.5, 0.6) is 11.5 Å². The van der Waals surface area contributed by atoms with E-state index in [0.29, 0.717) is 62.3 Å². The van der Waals surface area contributed by atoms with Crippen molar-refractivity contribution in [2.24, 2.45) is 0 Å². The van der Waals surface area contributed by atoms with Crippen LogP contribution in [-0.2, 0) is 14.8 Å². The molecule has 2 aromatic rings. The molecule has 3 rings (SSSR count). The molecule has 33 heavy (non-hydrogen) atoms. The van der Waals surface area contributed by atoms with Crippen LogP contribution in [0.25, 0.3) is 0 Å². The third kappa shape index (κ3) is 5.40. The SMILES string of the molecule is CCN(CC)S(=O)(=O)c1ccc(N2CCOCC2)c(C(=O)Nc2ccc(OC)cc2OC)c1. The summed E-state index contributed by atoms with van der Waals surface area (Å²) in [5, 5.41) is 2.86. The highest BCUT2D eigenvalue weighted by molar-refractivity contribution is 7.89. The quantitative estimate of drug-likeness (QED) is 0.593. The average Bonchev–Trinajstić information content (AvgIpc) is 2.85. The Kier molecular flexibility index (Phi) is 8.17. The Hall–Kier alpha value is -2.82. The van der Waals surface area contributed by atoms with Crippen LogP contribution in [0.3, 0.4) is 0 Å². The first kappa shape index (κ1) is 24.8. The van der Waals surface area contributed by atoms with Gasteiger partial charge in [-0.05, 0) is 30.3 Å². The molecule has 0 atom stereocenters. The van der Waals surface area contributed by atoms with E-state index in [1.165, 1.54) is 17.5 Å². The molecule has 10 heteroatoms. The number of methoxy groups -OCH3 is 2. The summed E-state index contributed by atoms with van der Waals surface area (Å²) < 4.78 is 43.6. The van der Waals surface area contributed by atoms with Gasteiger partial charge < -0.3 is 24.4 Å². The van der Waals surface area contributed by atoms with Crippen LogP contribution < -0.4 is 19.7 Å². The molecule has 1 fully saturated rings. The molecule has 0 aliphatic carbocycles. The van der Waals surface area contributed by atoms with Crippen LogP contribution in [-0.4, -0.2) is 72.2 Å². The number of morpholine rings is 1. The minimum atomic E-state index is -3.73. The zero-order valence-corrected chi connectivity index (χ0v) is 20.3. The van der Waals surface area contributed by atoms with Gasteiger partial charge in [-0.2, -0.15) is 4.31 Å². The fourth-order valence-corrected chi connectivity index (χ4v) is 5.23. The highest BCUT2D eigenvalue weighted by Gasteiger charge is 2.26. The number of nitrogens with one attached hydrogen (secondary N) is 1. The molecular formula is C23H31N3O6S. The highest BCUT2D eigenvalue weighted by atomic mass is 32.2. The van der Waals surface area contributed by atoms with Crippen molar-refractivity contribution in [3.8, 4) is 11.5 Å². The summed E-state index contributed by atoms with van der Waals surface area (Å²) >= 11 is 0. The molecule has 1 aliphatic heterocycles. The molecule has 0 aromatic heterocycles. The zero-order valence-electron chi connectivity index (χ0n) is 19.5. The number of carbonyl (C=O) groups is 1. The Morgan fingerprint density at radius 2 is 1.76 bits per heavy atom. The monoisotopic (exact) mass is 477 g/mol. The number of ether oxygens (including phenoxy) is 3. The maximum atomic E-state index is 13.4. The summed E-state index contributed by atoms with van der Waals surface area (Å²) in [7, 11) is -0.685. The first-order chi connectivity index (χ1) is 15.8. The van der Waals surface area contributed by atoms with Crippen molar-refractivity contribution >= 4 is 27.3 Å². The van der Waals surface area contributed by atoms with Gasteiger partial charge in [0.1, 0.15) is 11.5 Å². The molecule has 9 nitrogen and oxygen atoms in total. The molecule has 180 valence electrons. The van der Waals surface area contributed by atoms with E-state index in [-0.39, 0.29) is 10.5 Å². The number of benzene rings is 2. The molecular weight excluding hydrogens is 446 g/mol. The molecule has 0 bridgehead atoms. The first-order valence-corrected chi connectivity index (χ1v) is 12.3. The predicted octanol–water partition coefficient (Wildman–Crippen LogP) is 2.82. The summed E-state index contributed by atoms with van der Waals surface area (Å²) in [5.74, 6) is 0.588. The minimum Gasteiger partial charge on any atom is -0.497 e. The van der Waals surface area contributed by atoms with Crippen LogP contribution in [0.2, 0.25) is 0 Å². The second-order valence-electron chi connectivity index (χ2n) is 7.39. The molecule has 1 saturated heterocycles. The van der Waals surface area contributed by atoms with Crippen molar-refractivity contribution in [2.45, 2.75) is 18.7 Å². The van der Waals surface area contributed by atoms with Gasteiger partial charge in [-0.1, -0.05) is 13.8 Å². The van der Waals surface area contributed by atoms with Gasteiger partial charge in [0.2, 0.25) is 10.0 Å². The Bertz CT molecular complexity index is 1080. The van der Waals surface area contributed by atoms with Gasteiger partial charge in [0.05, 0.1) is 43.6 Å². The van der Waals surface area contributed by atoms with Gasteiger partial charge in [-0.3, -0.25) is 4.79 Å². The molecule has 2 aromatic carbocycles.